The van der Waals surface area contributed by atoms with Crippen LogP contribution in [0.25, 0.3) is 0 Å². The second kappa shape index (κ2) is 5.05. The standard InChI is InChI=1S/C14H20FNO/c1-2-11-5-4-8-14(11,10-17)16-13-7-3-6-12(15)9-13/h3,6-7,9,11,16-17H,2,4-5,8,10H2,1H3. The van der Waals surface area contributed by atoms with Crippen molar-refractivity contribution in [2.45, 2.75) is 38.1 Å². The van der Waals surface area contributed by atoms with E-state index in [9.17, 15) is 9.50 Å². The Morgan fingerprint density at radius 2 is 2.35 bits per heavy atom. The van der Waals surface area contributed by atoms with E-state index in [1.54, 1.807) is 6.07 Å². The van der Waals surface area contributed by atoms with Gasteiger partial charge in [-0.25, -0.2) is 4.39 Å². The Morgan fingerprint density at radius 3 is 3.00 bits per heavy atom. The normalized spacial score (nSPS) is 28.3. The van der Waals surface area contributed by atoms with E-state index >= 15 is 0 Å². The molecule has 0 amide bonds. The number of aliphatic hydroxyl groups is 1. The van der Waals surface area contributed by atoms with Gasteiger partial charge in [-0.2, -0.15) is 0 Å². The van der Waals surface area contributed by atoms with Gasteiger partial charge in [-0.05, 0) is 37.0 Å². The van der Waals surface area contributed by atoms with Crippen molar-refractivity contribution in [2.75, 3.05) is 11.9 Å². The molecule has 2 rings (SSSR count). The van der Waals surface area contributed by atoms with Gasteiger partial charge in [0.05, 0.1) is 12.1 Å². The fourth-order valence-corrected chi connectivity index (χ4v) is 3.01. The molecule has 3 heteroatoms. The molecule has 0 heterocycles. The van der Waals surface area contributed by atoms with E-state index < -0.39 is 0 Å². The highest BCUT2D eigenvalue weighted by Gasteiger charge is 2.41. The Labute approximate surface area is 102 Å². The number of hydrogen-bond acceptors (Lipinski definition) is 2. The maximum atomic E-state index is 13.1. The molecule has 2 atom stereocenters. The SMILES string of the molecule is CCC1CCCC1(CO)Nc1cccc(F)c1. The lowest BCUT2D eigenvalue weighted by Crippen LogP contribution is -2.45. The van der Waals surface area contributed by atoms with Gasteiger partial charge in [-0.1, -0.05) is 25.8 Å². The summed E-state index contributed by atoms with van der Waals surface area (Å²) in [5, 5.41) is 13.0. The van der Waals surface area contributed by atoms with Crippen LogP contribution in [0.5, 0.6) is 0 Å². The van der Waals surface area contributed by atoms with Crippen LogP contribution in [0.15, 0.2) is 24.3 Å². The van der Waals surface area contributed by atoms with E-state index in [0.717, 1.165) is 31.4 Å². The minimum atomic E-state index is -0.261. The summed E-state index contributed by atoms with van der Waals surface area (Å²) >= 11 is 0. The lowest BCUT2D eigenvalue weighted by atomic mass is 9.85. The van der Waals surface area contributed by atoms with Crippen LogP contribution in [-0.4, -0.2) is 17.3 Å². The first-order valence-corrected chi connectivity index (χ1v) is 6.35. The molecular weight excluding hydrogens is 217 g/mol. The zero-order chi connectivity index (χ0) is 12.3. The molecular formula is C14H20FNO. The van der Waals surface area contributed by atoms with Gasteiger partial charge >= 0.3 is 0 Å². The Kier molecular flexibility index (Phi) is 3.67. The van der Waals surface area contributed by atoms with Crippen LogP contribution < -0.4 is 5.32 Å². The largest absolute Gasteiger partial charge is 0.394 e. The molecule has 0 bridgehead atoms. The molecule has 0 aromatic heterocycles. The number of rotatable bonds is 4. The van der Waals surface area contributed by atoms with Gasteiger partial charge in [0, 0.05) is 5.69 Å². The molecule has 17 heavy (non-hydrogen) atoms. The number of halogens is 1. The Hall–Kier alpha value is -1.09. The topological polar surface area (TPSA) is 32.3 Å². The zero-order valence-electron chi connectivity index (χ0n) is 10.2. The second-order valence-corrected chi connectivity index (χ2v) is 4.95. The molecule has 1 aliphatic carbocycles. The maximum absolute atomic E-state index is 13.1. The van der Waals surface area contributed by atoms with Crippen molar-refractivity contribution in [1.82, 2.24) is 0 Å². The second-order valence-electron chi connectivity index (χ2n) is 4.95. The van der Waals surface area contributed by atoms with Crippen LogP contribution in [0.2, 0.25) is 0 Å². The Balaban J connectivity index is 2.19. The third-order valence-corrected chi connectivity index (χ3v) is 3.95. The van der Waals surface area contributed by atoms with Gasteiger partial charge in [0.1, 0.15) is 5.82 Å². The summed E-state index contributed by atoms with van der Waals surface area (Å²) in [7, 11) is 0. The van der Waals surface area contributed by atoms with Gasteiger partial charge < -0.3 is 10.4 Å². The van der Waals surface area contributed by atoms with Gasteiger partial charge in [0.15, 0.2) is 0 Å². The zero-order valence-corrected chi connectivity index (χ0v) is 10.2. The summed E-state index contributed by atoms with van der Waals surface area (Å²) in [6.07, 6.45) is 4.27. The molecule has 94 valence electrons. The molecule has 1 aromatic carbocycles. The van der Waals surface area contributed by atoms with E-state index in [-0.39, 0.29) is 18.0 Å². The monoisotopic (exact) mass is 237 g/mol. The predicted octanol–water partition coefficient (Wildman–Crippen LogP) is 3.18. The molecule has 1 aliphatic rings. The molecule has 1 fully saturated rings. The fraction of sp³-hybridized carbons (Fsp3) is 0.571. The van der Waals surface area contributed by atoms with Crippen molar-refractivity contribution in [3.05, 3.63) is 30.1 Å². The Bertz CT molecular complexity index is 382. The maximum Gasteiger partial charge on any atom is 0.125 e. The summed E-state index contributed by atoms with van der Waals surface area (Å²) in [4.78, 5) is 0. The fourth-order valence-electron chi connectivity index (χ4n) is 3.01. The highest BCUT2D eigenvalue weighted by molar-refractivity contribution is 5.46. The third-order valence-electron chi connectivity index (χ3n) is 3.95. The number of anilines is 1. The van der Waals surface area contributed by atoms with Crippen molar-refractivity contribution in [3.63, 3.8) is 0 Å². The Morgan fingerprint density at radius 1 is 1.53 bits per heavy atom. The van der Waals surface area contributed by atoms with Crippen molar-refractivity contribution in [1.29, 1.82) is 0 Å². The summed E-state index contributed by atoms with van der Waals surface area (Å²) in [5.74, 6) is 0.227. The van der Waals surface area contributed by atoms with Crippen molar-refractivity contribution < 1.29 is 9.50 Å². The highest BCUT2D eigenvalue weighted by atomic mass is 19.1. The van der Waals surface area contributed by atoms with Crippen molar-refractivity contribution >= 4 is 5.69 Å². The molecule has 1 aromatic rings. The molecule has 0 saturated heterocycles. The van der Waals surface area contributed by atoms with E-state index in [1.165, 1.54) is 12.1 Å². The molecule has 0 aliphatic heterocycles. The third kappa shape index (κ3) is 2.44. The number of nitrogens with one attached hydrogen (secondary N) is 1. The molecule has 1 saturated carbocycles. The van der Waals surface area contributed by atoms with E-state index in [2.05, 4.69) is 12.2 Å². The van der Waals surface area contributed by atoms with Gasteiger partial charge in [0.2, 0.25) is 0 Å². The molecule has 2 N–H and O–H groups in total. The van der Waals surface area contributed by atoms with Crippen LogP contribution in [0.4, 0.5) is 10.1 Å². The molecule has 2 nitrogen and oxygen atoms in total. The van der Waals surface area contributed by atoms with Crippen LogP contribution in [-0.2, 0) is 0 Å². The van der Waals surface area contributed by atoms with E-state index in [0.29, 0.717) is 5.92 Å². The number of hydrogen-bond donors (Lipinski definition) is 2. The van der Waals surface area contributed by atoms with Crippen LogP contribution in [0.3, 0.4) is 0 Å². The van der Waals surface area contributed by atoms with Crippen molar-refractivity contribution in [2.24, 2.45) is 5.92 Å². The van der Waals surface area contributed by atoms with Crippen LogP contribution in [0, 0.1) is 11.7 Å². The first-order valence-electron chi connectivity index (χ1n) is 6.35. The summed E-state index contributed by atoms with van der Waals surface area (Å²) in [6.45, 7) is 2.26. The molecule has 2 unspecified atom stereocenters. The van der Waals surface area contributed by atoms with Crippen molar-refractivity contribution in [3.8, 4) is 0 Å². The van der Waals surface area contributed by atoms with E-state index in [4.69, 9.17) is 0 Å². The quantitative estimate of drug-likeness (QED) is 0.843. The summed E-state index contributed by atoms with van der Waals surface area (Å²) in [6, 6.07) is 6.47. The van der Waals surface area contributed by atoms with Crippen LogP contribution in [0.1, 0.15) is 32.6 Å². The molecule has 0 radical (unpaired) electrons. The van der Waals surface area contributed by atoms with Gasteiger partial charge in [-0.3, -0.25) is 0 Å². The minimum absolute atomic E-state index is 0.113. The lowest BCUT2D eigenvalue weighted by molar-refractivity contribution is 0.174. The average Bonchev–Trinajstić information content (AvgIpc) is 2.72. The molecule has 0 spiro atoms. The summed E-state index contributed by atoms with van der Waals surface area (Å²) < 4.78 is 13.1. The smallest absolute Gasteiger partial charge is 0.125 e. The first kappa shape index (κ1) is 12.4. The summed E-state index contributed by atoms with van der Waals surface area (Å²) in [5.41, 5.74) is 0.502. The number of benzene rings is 1. The van der Waals surface area contributed by atoms with Gasteiger partial charge in [0.25, 0.3) is 0 Å². The van der Waals surface area contributed by atoms with Crippen LogP contribution >= 0.6 is 0 Å². The first-order chi connectivity index (χ1) is 8.20. The predicted molar refractivity (Wildman–Crippen MR) is 67.5 cm³/mol. The minimum Gasteiger partial charge on any atom is -0.394 e. The van der Waals surface area contributed by atoms with Gasteiger partial charge in [-0.15, -0.1) is 0 Å². The van der Waals surface area contributed by atoms with E-state index in [1.807, 2.05) is 6.07 Å². The highest BCUT2D eigenvalue weighted by Crippen LogP contribution is 2.40. The number of aliphatic hydroxyl groups excluding tert-OH is 1. The average molecular weight is 237 g/mol. The lowest BCUT2D eigenvalue weighted by Gasteiger charge is -2.35.